The molecule has 0 atom stereocenters. The quantitative estimate of drug-likeness (QED) is 0.740. The SMILES string of the molecule is N#Cc1cnc(-n2cc(I)cn2)cn1. The fourth-order valence-electron chi connectivity index (χ4n) is 0.923. The van der Waals surface area contributed by atoms with Crippen LogP contribution in [0.25, 0.3) is 5.82 Å². The predicted molar refractivity (Wildman–Crippen MR) is 56.6 cm³/mol. The predicted octanol–water partition coefficient (Wildman–Crippen LogP) is 1.14. The van der Waals surface area contributed by atoms with Crippen molar-refractivity contribution in [3.8, 4) is 11.9 Å². The van der Waals surface area contributed by atoms with Gasteiger partial charge in [-0.2, -0.15) is 10.4 Å². The summed E-state index contributed by atoms with van der Waals surface area (Å²) in [7, 11) is 0. The van der Waals surface area contributed by atoms with Crippen molar-refractivity contribution in [3.05, 3.63) is 34.1 Å². The summed E-state index contributed by atoms with van der Waals surface area (Å²) in [6, 6.07) is 1.91. The minimum atomic E-state index is 0.301. The summed E-state index contributed by atoms with van der Waals surface area (Å²) in [6.07, 6.45) is 6.49. The molecule has 0 saturated heterocycles. The molecule has 0 aromatic carbocycles. The van der Waals surface area contributed by atoms with Crippen LogP contribution < -0.4 is 0 Å². The lowest BCUT2D eigenvalue weighted by Gasteiger charge is -1.97. The van der Waals surface area contributed by atoms with Gasteiger partial charge in [0, 0.05) is 6.20 Å². The Balaban J connectivity index is 2.39. The van der Waals surface area contributed by atoms with Gasteiger partial charge in [0.2, 0.25) is 0 Å². The van der Waals surface area contributed by atoms with Gasteiger partial charge in [0.15, 0.2) is 11.5 Å². The molecule has 0 unspecified atom stereocenters. The first kappa shape index (κ1) is 9.08. The van der Waals surface area contributed by atoms with E-state index in [0.717, 1.165) is 3.57 Å². The molecule has 2 heterocycles. The largest absolute Gasteiger partial charge is 0.240 e. The molecule has 68 valence electrons. The molecular formula is C8H4IN5. The van der Waals surface area contributed by atoms with Crippen molar-refractivity contribution in [1.82, 2.24) is 19.7 Å². The fraction of sp³-hybridized carbons (Fsp3) is 0. The maximum absolute atomic E-state index is 8.53. The smallest absolute Gasteiger partial charge is 0.171 e. The molecule has 2 aromatic rings. The van der Waals surface area contributed by atoms with E-state index >= 15 is 0 Å². The maximum Gasteiger partial charge on any atom is 0.171 e. The van der Waals surface area contributed by atoms with Gasteiger partial charge in [0.05, 0.1) is 22.2 Å². The van der Waals surface area contributed by atoms with Gasteiger partial charge in [0.1, 0.15) is 6.07 Å². The van der Waals surface area contributed by atoms with E-state index in [9.17, 15) is 0 Å². The maximum atomic E-state index is 8.53. The number of hydrogen-bond acceptors (Lipinski definition) is 4. The van der Waals surface area contributed by atoms with Gasteiger partial charge in [0.25, 0.3) is 0 Å². The summed E-state index contributed by atoms with van der Waals surface area (Å²) < 4.78 is 2.63. The van der Waals surface area contributed by atoms with Crippen LogP contribution in [0.1, 0.15) is 5.69 Å². The first-order valence-corrected chi connectivity index (χ1v) is 4.80. The van der Waals surface area contributed by atoms with Crippen molar-refractivity contribution in [2.45, 2.75) is 0 Å². The highest BCUT2D eigenvalue weighted by Crippen LogP contribution is 2.06. The van der Waals surface area contributed by atoms with Crippen LogP contribution in [0.15, 0.2) is 24.8 Å². The van der Waals surface area contributed by atoms with Gasteiger partial charge in [-0.3, -0.25) is 0 Å². The molecule has 2 rings (SSSR count). The molecule has 0 amide bonds. The number of nitriles is 1. The third-order valence-electron chi connectivity index (χ3n) is 1.54. The third-order valence-corrected chi connectivity index (χ3v) is 2.10. The highest BCUT2D eigenvalue weighted by molar-refractivity contribution is 14.1. The lowest BCUT2D eigenvalue weighted by atomic mass is 10.5. The zero-order chi connectivity index (χ0) is 9.97. The summed E-state index contributed by atoms with van der Waals surface area (Å²) >= 11 is 2.16. The molecule has 0 radical (unpaired) electrons. The van der Waals surface area contributed by atoms with Crippen LogP contribution in [-0.2, 0) is 0 Å². The lowest BCUT2D eigenvalue weighted by molar-refractivity contribution is 0.836. The number of halogens is 1. The average Bonchev–Trinajstić information content (AvgIpc) is 2.65. The van der Waals surface area contributed by atoms with Crippen LogP contribution in [0.3, 0.4) is 0 Å². The van der Waals surface area contributed by atoms with E-state index in [4.69, 9.17) is 5.26 Å². The molecule has 0 aliphatic carbocycles. The summed E-state index contributed by atoms with van der Waals surface area (Å²) in [6.45, 7) is 0. The van der Waals surface area contributed by atoms with Gasteiger partial charge in [-0.05, 0) is 22.6 Å². The Labute approximate surface area is 93.6 Å². The van der Waals surface area contributed by atoms with E-state index in [1.54, 1.807) is 10.9 Å². The Morgan fingerprint density at radius 1 is 1.29 bits per heavy atom. The number of rotatable bonds is 1. The van der Waals surface area contributed by atoms with Gasteiger partial charge in [-0.1, -0.05) is 0 Å². The van der Waals surface area contributed by atoms with Crippen molar-refractivity contribution in [2.24, 2.45) is 0 Å². The van der Waals surface area contributed by atoms with Crippen LogP contribution in [0, 0.1) is 14.9 Å². The van der Waals surface area contributed by atoms with Gasteiger partial charge in [-0.15, -0.1) is 0 Å². The van der Waals surface area contributed by atoms with Crippen molar-refractivity contribution in [1.29, 1.82) is 5.26 Å². The monoisotopic (exact) mass is 297 g/mol. The highest BCUT2D eigenvalue weighted by Gasteiger charge is 2.00. The lowest BCUT2D eigenvalue weighted by Crippen LogP contribution is -1.99. The third kappa shape index (κ3) is 1.72. The van der Waals surface area contributed by atoms with Crippen LogP contribution in [-0.4, -0.2) is 19.7 Å². The summed E-state index contributed by atoms with van der Waals surface area (Å²) in [5.74, 6) is 0.604. The second kappa shape index (κ2) is 3.71. The number of nitrogens with zero attached hydrogens (tertiary/aromatic N) is 5. The molecule has 5 nitrogen and oxygen atoms in total. The van der Waals surface area contributed by atoms with Crippen LogP contribution in [0.5, 0.6) is 0 Å². The van der Waals surface area contributed by atoms with Crippen LogP contribution in [0.2, 0.25) is 0 Å². The molecule has 0 N–H and O–H groups in total. The number of aromatic nitrogens is 4. The molecule has 0 aliphatic heterocycles. The molecule has 14 heavy (non-hydrogen) atoms. The van der Waals surface area contributed by atoms with Gasteiger partial charge >= 0.3 is 0 Å². The zero-order valence-electron chi connectivity index (χ0n) is 6.92. The van der Waals surface area contributed by atoms with Crippen molar-refractivity contribution in [3.63, 3.8) is 0 Å². The Bertz CT molecular complexity index is 481. The molecule has 6 heteroatoms. The molecule has 0 fully saturated rings. The van der Waals surface area contributed by atoms with E-state index in [1.807, 2.05) is 12.3 Å². The molecule has 0 spiro atoms. The molecule has 0 aliphatic rings. The molecule has 0 bridgehead atoms. The van der Waals surface area contributed by atoms with Crippen LogP contribution >= 0.6 is 22.6 Å². The van der Waals surface area contributed by atoms with E-state index in [0.29, 0.717) is 11.5 Å². The minimum absolute atomic E-state index is 0.301. The average molecular weight is 297 g/mol. The Kier molecular flexibility index (Phi) is 2.41. The van der Waals surface area contributed by atoms with Crippen molar-refractivity contribution >= 4 is 22.6 Å². The number of hydrogen-bond donors (Lipinski definition) is 0. The topological polar surface area (TPSA) is 67.4 Å². The van der Waals surface area contributed by atoms with E-state index in [2.05, 4.69) is 37.7 Å². The van der Waals surface area contributed by atoms with E-state index in [1.165, 1.54) is 12.4 Å². The molecule has 2 aromatic heterocycles. The van der Waals surface area contributed by atoms with Crippen molar-refractivity contribution < 1.29 is 0 Å². The summed E-state index contributed by atoms with van der Waals surface area (Å²) in [4.78, 5) is 7.94. The first-order chi connectivity index (χ1) is 6.79. The Morgan fingerprint density at radius 2 is 2.14 bits per heavy atom. The van der Waals surface area contributed by atoms with Crippen molar-refractivity contribution in [2.75, 3.05) is 0 Å². The minimum Gasteiger partial charge on any atom is -0.240 e. The normalized spacial score (nSPS) is 9.71. The standard InChI is InChI=1S/C8H4IN5/c9-6-2-13-14(5-6)8-4-11-7(1-10)3-12-8/h2-5H. The van der Waals surface area contributed by atoms with Gasteiger partial charge in [-0.25, -0.2) is 14.6 Å². The Hall–Kier alpha value is -1.49. The Morgan fingerprint density at radius 3 is 2.64 bits per heavy atom. The van der Waals surface area contributed by atoms with E-state index in [-0.39, 0.29) is 0 Å². The van der Waals surface area contributed by atoms with Gasteiger partial charge < -0.3 is 0 Å². The first-order valence-electron chi connectivity index (χ1n) is 3.72. The molecule has 0 saturated carbocycles. The second-order valence-electron chi connectivity index (χ2n) is 2.47. The second-order valence-corrected chi connectivity index (χ2v) is 3.72. The zero-order valence-corrected chi connectivity index (χ0v) is 9.08. The molecular weight excluding hydrogens is 293 g/mol. The summed E-state index contributed by atoms with van der Waals surface area (Å²) in [5, 5.41) is 12.6. The summed E-state index contributed by atoms with van der Waals surface area (Å²) in [5.41, 5.74) is 0.301. The van der Waals surface area contributed by atoms with Crippen LogP contribution in [0.4, 0.5) is 0 Å². The fourth-order valence-corrected chi connectivity index (χ4v) is 1.31. The highest BCUT2D eigenvalue weighted by atomic mass is 127. The van der Waals surface area contributed by atoms with E-state index < -0.39 is 0 Å².